The average molecular weight is 275 g/mol. The summed E-state index contributed by atoms with van der Waals surface area (Å²) in [6.07, 6.45) is 1.72. The Kier molecular flexibility index (Phi) is 4.35. The number of hydrogen-bond donors (Lipinski definition) is 1. The zero-order valence-electron chi connectivity index (χ0n) is 10.4. The van der Waals surface area contributed by atoms with E-state index in [9.17, 15) is 10.1 Å². The SMILES string of the molecule is CNc1cc(CSc2ccccc2[N+](=O)[O-])ccn1. The number of pyridine rings is 1. The molecule has 1 heterocycles. The number of nitrogens with one attached hydrogen (secondary N) is 1. The first-order chi connectivity index (χ1) is 9.20. The van der Waals surface area contributed by atoms with Crippen LogP contribution < -0.4 is 5.32 Å². The largest absolute Gasteiger partial charge is 0.373 e. The van der Waals surface area contributed by atoms with Gasteiger partial charge in [-0.05, 0) is 23.8 Å². The van der Waals surface area contributed by atoms with Gasteiger partial charge in [0.25, 0.3) is 5.69 Å². The summed E-state index contributed by atoms with van der Waals surface area (Å²) in [5.74, 6) is 1.46. The predicted octanol–water partition coefficient (Wildman–Crippen LogP) is 3.32. The van der Waals surface area contributed by atoms with Gasteiger partial charge >= 0.3 is 0 Å². The third-order valence-corrected chi connectivity index (χ3v) is 3.67. The first-order valence-corrected chi connectivity index (χ1v) is 6.68. The lowest BCUT2D eigenvalue weighted by atomic mass is 10.3. The lowest BCUT2D eigenvalue weighted by molar-refractivity contribution is -0.387. The minimum Gasteiger partial charge on any atom is -0.373 e. The Hall–Kier alpha value is -2.08. The van der Waals surface area contributed by atoms with E-state index in [1.807, 2.05) is 12.1 Å². The molecule has 0 unspecified atom stereocenters. The van der Waals surface area contributed by atoms with Crippen LogP contribution in [0.1, 0.15) is 5.56 Å². The summed E-state index contributed by atoms with van der Waals surface area (Å²) in [4.78, 5) is 15.4. The molecule has 1 aromatic heterocycles. The number of para-hydroxylation sites is 1. The van der Waals surface area contributed by atoms with Crippen LogP contribution in [0.4, 0.5) is 11.5 Å². The highest BCUT2D eigenvalue weighted by Crippen LogP contribution is 2.31. The summed E-state index contributed by atoms with van der Waals surface area (Å²) >= 11 is 1.45. The van der Waals surface area contributed by atoms with Gasteiger partial charge in [0.2, 0.25) is 0 Å². The van der Waals surface area contributed by atoms with Gasteiger partial charge in [-0.2, -0.15) is 0 Å². The summed E-state index contributed by atoms with van der Waals surface area (Å²) < 4.78 is 0. The van der Waals surface area contributed by atoms with E-state index in [4.69, 9.17) is 0 Å². The summed E-state index contributed by atoms with van der Waals surface area (Å²) in [5, 5.41) is 13.9. The van der Waals surface area contributed by atoms with Crippen molar-refractivity contribution in [2.75, 3.05) is 12.4 Å². The van der Waals surface area contributed by atoms with Crippen LogP contribution in [0.3, 0.4) is 0 Å². The molecule has 0 aliphatic carbocycles. The molecule has 6 heteroatoms. The van der Waals surface area contributed by atoms with Crippen molar-refractivity contribution >= 4 is 23.3 Å². The number of rotatable bonds is 5. The number of aromatic nitrogens is 1. The third-order valence-electron chi connectivity index (χ3n) is 2.54. The molecule has 0 aliphatic rings. The molecule has 0 atom stereocenters. The van der Waals surface area contributed by atoms with Crippen molar-refractivity contribution in [1.82, 2.24) is 4.98 Å². The molecule has 0 fully saturated rings. The van der Waals surface area contributed by atoms with Crippen molar-refractivity contribution in [3.05, 3.63) is 58.3 Å². The highest BCUT2D eigenvalue weighted by atomic mass is 32.2. The van der Waals surface area contributed by atoms with E-state index in [1.165, 1.54) is 17.8 Å². The fraction of sp³-hybridized carbons (Fsp3) is 0.154. The molecule has 19 heavy (non-hydrogen) atoms. The van der Waals surface area contributed by atoms with Crippen molar-refractivity contribution < 1.29 is 4.92 Å². The van der Waals surface area contributed by atoms with E-state index in [0.717, 1.165) is 11.4 Å². The maximum Gasteiger partial charge on any atom is 0.282 e. The molecule has 2 rings (SSSR count). The molecule has 98 valence electrons. The molecular weight excluding hydrogens is 262 g/mol. The van der Waals surface area contributed by atoms with Gasteiger partial charge in [-0.3, -0.25) is 10.1 Å². The zero-order valence-corrected chi connectivity index (χ0v) is 11.2. The quantitative estimate of drug-likeness (QED) is 0.515. The summed E-state index contributed by atoms with van der Waals surface area (Å²) in [7, 11) is 1.81. The number of hydrogen-bond acceptors (Lipinski definition) is 5. The van der Waals surface area contributed by atoms with E-state index in [0.29, 0.717) is 10.6 Å². The van der Waals surface area contributed by atoms with Crippen molar-refractivity contribution in [2.45, 2.75) is 10.6 Å². The molecule has 0 bridgehead atoms. The lowest BCUT2D eigenvalue weighted by Crippen LogP contribution is -1.93. The van der Waals surface area contributed by atoms with Crippen molar-refractivity contribution in [3.8, 4) is 0 Å². The standard InChI is InChI=1S/C13H13N3O2S/c1-14-13-8-10(6-7-15-13)9-19-12-5-3-2-4-11(12)16(17)18/h2-8H,9H2,1H3,(H,14,15). The van der Waals surface area contributed by atoms with Gasteiger partial charge in [0.05, 0.1) is 9.82 Å². The number of nitro benzene ring substituents is 1. The molecule has 0 saturated heterocycles. The van der Waals surface area contributed by atoms with Crippen LogP contribution in [0.2, 0.25) is 0 Å². The highest BCUT2D eigenvalue weighted by molar-refractivity contribution is 7.98. The van der Waals surface area contributed by atoms with Crippen LogP contribution in [-0.2, 0) is 5.75 Å². The van der Waals surface area contributed by atoms with Gasteiger partial charge < -0.3 is 5.32 Å². The molecule has 0 saturated carbocycles. The third kappa shape index (κ3) is 3.45. The van der Waals surface area contributed by atoms with E-state index < -0.39 is 0 Å². The number of nitrogens with zero attached hydrogens (tertiary/aromatic N) is 2. The Labute approximate surface area is 115 Å². The van der Waals surface area contributed by atoms with E-state index in [1.54, 1.807) is 31.4 Å². The minimum absolute atomic E-state index is 0.149. The van der Waals surface area contributed by atoms with E-state index >= 15 is 0 Å². The molecule has 0 radical (unpaired) electrons. The first-order valence-electron chi connectivity index (χ1n) is 5.69. The van der Waals surface area contributed by atoms with Gasteiger partial charge in [0.15, 0.2) is 0 Å². The van der Waals surface area contributed by atoms with Gasteiger partial charge in [-0.1, -0.05) is 12.1 Å². The number of nitro groups is 1. The van der Waals surface area contributed by atoms with Crippen LogP contribution in [0.15, 0.2) is 47.5 Å². The molecule has 0 aliphatic heterocycles. The molecule has 1 aromatic carbocycles. The van der Waals surface area contributed by atoms with Gasteiger partial charge in [0.1, 0.15) is 5.82 Å². The Morgan fingerprint density at radius 1 is 1.37 bits per heavy atom. The van der Waals surface area contributed by atoms with E-state index in [2.05, 4.69) is 10.3 Å². The van der Waals surface area contributed by atoms with Gasteiger partial charge in [-0.15, -0.1) is 11.8 Å². The number of thioether (sulfide) groups is 1. The summed E-state index contributed by atoms with van der Waals surface area (Å²) in [6, 6.07) is 10.6. The maximum atomic E-state index is 10.9. The number of anilines is 1. The molecule has 5 nitrogen and oxygen atoms in total. The summed E-state index contributed by atoms with van der Waals surface area (Å²) in [5.41, 5.74) is 1.22. The van der Waals surface area contributed by atoms with Crippen LogP contribution in [0, 0.1) is 10.1 Å². The smallest absolute Gasteiger partial charge is 0.282 e. The maximum absolute atomic E-state index is 10.9. The van der Waals surface area contributed by atoms with Crippen molar-refractivity contribution in [3.63, 3.8) is 0 Å². The first kappa shape index (κ1) is 13.4. The van der Waals surface area contributed by atoms with Crippen LogP contribution >= 0.6 is 11.8 Å². The zero-order chi connectivity index (χ0) is 13.7. The molecule has 2 aromatic rings. The monoisotopic (exact) mass is 275 g/mol. The Balaban J connectivity index is 2.12. The topological polar surface area (TPSA) is 68.1 Å². The van der Waals surface area contributed by atoms with Crippen LogP contribution in [-0.4, -0.2) is 17.0 Å². The van der Waals surface area contributed by atoms with Crippen LogP contribution in [0.25, 0.3) is 0 Å². The second kappa shape index (κ2) is 6.19. The minimum atomic E-state index is -0.353. The highest BCUT2D eigenvalue weighted by Gasteiger charge is 2.12. The Bertz CT molecular complexity index is 590. The Morgan fingerprint density at radius 3 is 2.89 bits per heavy atom. The molecular formula is C13H13N3O2S. The van der Waals surface area contributed by atoms with Crippen molar-refractivity contribution in [2.24, 2.45) is 0 Å². The Morgan fingerprint density at radius 2 is 2.16 bits per heavy atom. The molecule has 1 N–H and O–H groups in total. The number of benzene rings is 1. The second-order valence-electron chi connectivity index (χ2n) is 3.81. The lowest BCUT2D eigenvalue weighted by Gasteiger charge is -2.04. The second-order valence-corrected chi connectivity index (χ2v) is 4.83. The molecule has 0 amide bonds. The fourth-order valence-corrected chi connectivity index (χ4v) is 2.56. The van der Waals surface area contributed by atoms with E-state index in [-0.39, 0.29) is 10.6 Å². The molecule has 0 spiro atoms. The van der Waals surface area contributed by atoms with Gasteiger partial charge in [0, 0.05) is 25.1 Å². The average Bonchev–Trinajstić information content (AvgIpc) is 2.45. The summed E-state index contributed by atoms with van der Waals surface area (Å²) in [6.45, 7) is 0. The fourth-order valence-electron chi connectivity index (χ4n) is 1.59. The predicted molar refractivity (Wildman–Crippen MR) is 76.4 cm³/mol. The van der Waals surface area contributed by atoms with Crippen LogP contribution in [0.5, 0.6) is 0 Å². The van der Waals surface area contributed by atoms with Gasteiger partial charge in [-0.25, -0.2) is 4.98 Å². The normalized spacial score (nSPS) is 10.2. The van der Waals surface area contributed by atoms with Crippen molar-refractivity contribution in [1.29, 1.82) is 0 Å².